The van der Waals surface area contributed by atoms with Crippen LogP contribution in [-0.4, -0.2) is 57.4 Å². The van der Waals surface area contributed by atoms with E-state index in [-0.39, 0.29) is 22.3 Å². The molecule has 1 amide bonds. The summed E-state index contributed by atoms with van der Waals surface area (Å²) in [5.41, 5.74) is 0.0462. The van der Waals surface area contributed by atoms with Crippen LogP contribution in [0.5, 0.6) is 5.75 Å². The van der Waals surface area contributed by atoms with Gasteiger partial charge >= 0.3 is 5.97 Å². The standard InChI is InChI=1S/C18H26N2O6S/c1-4-13(2)19-17(21)12-26-18(22)14-7-8-15(25-3)16(11-14)27(23,24)20-9-5-6-10-20/h7-8,11,13H,4-6,9-10,12H2,1-3H3,(H,19,21)/t13-/m1/s1. The van der Waals surface area contributed by atoms with Gasteiger partial charge in [-0.3, -0.25) is 4.79 Å². The van der Waals surface area contributed by atoms with Gasteiger partial charge in [0.2, 0.25) is 10.0 Å². The highest BCUT2D eigenvalue weighted by Gasteiger charge is 2.30. The monoisotopic (exact) mass is 398 g/mol. The Labute approximate surface area is 159 Å². The van der Waals surface area contributed by atoms with Gasteiger partial charge in [0.1, 0.15) is 10.6 Å². The summed E-state index contributed by atoms with van der Waals surface area (Å²) < 4.78 is 37.2. The SMILES string of the molecule is CC[C@@H](C)NC(=O)COC(=O)c1ccc(OC)c(S(=O)(=O)N2CCCC2)c1. The molecule has 9 heteroatoms. The topological polar surface area (TPSA) is 102 Å². The van der Waals surface area contributed by atoms with Crippen LogP contribution in [0.2, 0.25) is 0 Å². The Balaban J connectivity index is 2.16. The molecule has 1 atom stereocenters. The van der Waals surface area contributed by atoms with Gasteiger partial charge in [0.05, 0.1) is 12.7 Å². The van der Waals surface area contributed by atoms with Crippen LogP contribution < -0.4 is 10.1 Å². The fraction of sp³-hybridized carbons (Fsp3) is 0.556. The highest BCUT2D eigenvalue weighted by atomic mass is 32.2. The number of ether oxygens (including phenoxy) is 2. The van der Waals surface area contributed by atoms with Crippen molar-refractivity contribution < 1.29 is 27.5 Å². The lowest BCUT2D eigenvalue weighted by Gasteiger charge is -2.18. The maximum Gasteiger partial charge on any atom is 0.338 e. The van der Waals surface area contributed by atoms with Crippen LogP contribution in [0.15, 0.2) is 23.1 Å². The Morgan fingerprint density at radius 3 is 2.52 bits per heavy atom. The molecule has 150 valence electrons. The smallest absolute Gasteiger partial charge is 0.338 e. The van der Waals surface area contributed by atoms with E-state index in [9.17, 15) is 18.0 Å². The van der Waals surface area contributed by atoms with Crippen LogP contribution in [0.1, 0.15) is 43.5 Å². The van der Waals surface area contributed by atoms with Gasteiger partial charge < -0.3 is 14.8 Å². The molecule has 1 fully saturated rings. The number of esters is 1. The summed E-state index contributed by atoms with van der Waals surface area (Å²) in [5, 5.41) is 2.69. The third-order valence-electron chi connectivity index (χ3n) is 4.44. The predicted molar refractivity (Wildman–Crippen MR) is 99.2 cm³/mol. The van der Waals surface area contributed by atoms with Gasteiger partial charge in [0.25, 0.3) is 5.91 Å². The van der Waals surface area contributed by atoms with Crippen molar-refractivity contribution in [2.45, 2.75) is 44.0 Å². The number of nitrogens with one attached hydrogen (secondary N) is 1. The first-order valence-corrected chi connectivity index (χ1v) is 10.4. The maximum absolute atomic E-state index is 12.8. The molecule has 0 spiro atoms. The number of rotatable bonds is 8. The van der Waals surface area contributed by atoms with E-state index in [0.29, 0.717) is 13.1 Å². The molecule has 0 aliphatic carbocycles. The molecule has 1 N–H and O–H groups in total. The highest BCUT2D eigenvalue weighted by Crippen LogP contribution is 2.30. The number of methoxy groups -OCH3 is 1. The van der Waals surface area contributed by atoms with Crippen LogP contribution in [0.25, 0.3) is 0 Å². The lowest BCUT2D eigenvalue weighted by molar-refractivity contribution is -0.124. The molecule has 1 aromatic carbocycles. The summed E-state index contributed by atoms with van der Waals surface area (Å²) in [6.45, 7) is 4.23. The summed E-state index contributed by atoms with van der Waals surface area (Å²) in [6, 6.07) is 4.05. The first-order valence-electron chi connectivity index (χ1n) is 8.94. The normalized spacial score (nSPS) is 16.0. The molecular formula is C18H26N2O6S. The number of hydrogen-bond acceptors (Lipinski definition) is 6. The van der Waals surface area contributed by atoms with Gasteiger partial charge in [0, 0.05) is 19.1 Å². The molecule has 0 aromatic heterocycles. The average molecular weight is 398 g/mol. The Hall–Kier alpha value is -2.13. The van der Waals surface area contributed by atoms with Gasteiger partial charge in [-0.25, -0.2) is 13.2 Å². The highest BCUT2D eigenvalue weighted by molar-refractivity contribution is 7.89. The van der Waals surface area contributed by atoms with Gasteiger partial charge in [-0.1, -0.05) is 6.92 Å². The van der Waals surface area contributed by atoms with Crippen molar-refractivity contribution in [3.8, 4) is 5.75 Å². The molecule has 0 radical (unpaired) electrons. The van der Waals surface area contributed by atoms with Gasteiger partial charge in [0.15, 0.2) is 6.61 Å². The summed E-state index contributed by atoms with van der Waals surface area (Å²) in [6.07, 6.45) is 2.36. The lowest BCUT2D eigenvalue weighted by Crippen LogP contribution is -2.35. The van der Waals surface area contributed by atoms with Crippen LogP contribution in [0.3, 0.4) is 0 Å². The molecule has 1 saturated heterocycles. The van der Waals surface area contributed by atoms with E-state index < -0.39 is 28.5 Å². The fourth-order valence-corrected chi connectivity index (χ4v) is 4.40. The number of nitrogens with zero attached hydrogens (tertiary/aromatic N) is 1. The van der Waals surface area contributed by atoms with Crippen molar-refractivity contribution >= 4 is 21.9 Å². The third kappa shape index (κ3) is 5.20. The van der Waals surface area contributed by atoms with Gasteiger partial charge in [-0.15, -0.1) is 0 Å². The molecular weight excluding hydrogens is 372 g/mol. The second-order valence-corrected chi connectivity index (χ2v) is 8.34. The van der Waals surface area contributed by atoms with Crippen molar-refractivity contribution in [2.75, 3.05) is 26.8 Å². The molecule has 0 unspecified atom stereocenters. The molecule has 27 heavy (non-hydrogen) atoms. The molecule has 2 rings (SSSR count). The van der Waals surface area contributed by atoms with Crippen molar-refractivity contribution in [3.63, 3.8) is 0 Å². The van der Waals surface area contributed by atoms with Gasteiger partial charge in [-0.05, 0) is 44.4 Å². The molecule has 1 aliphatic heterocycles. The summed E-state index contributed by atoms with van der Waals surface area (Å²) in [7, 11) is -2.40. The fourth-order valence-electron chi connectivity index (χ4n) is 2.71. The minimum atomic E-state index is -3.77. The van der Waals surface area contributed by atoms with Crippen LogP contribution >= 0.6 is 0 Å². The Morgan fingerprint density at radius 2 is 1.93 bits per heavy atom. The minimum absolute atomic E-state index is 0.0191. The Morgan fingerprint density at radius 1 is 1.26 bits per heavy atom. The number of benzene rings is 1. The molecule has 8 nitrogen and oxygen atoms in total. The second-order valence-electron chi connectivity index (χ2n) is 6.43. The van der Waals surface area contributed by atoms with Crippen molar-refractivity contribution in [1.82, 2.24) is 9.62 Å². The zero-order valence-electron chi connectivity index (χ0n) is 15.9. The summed E-state index contributed by atoms with van der Waals surface area (Å²) in [4.78, 5) is 23.9. The van der Waals surface area contributed by atoms with Gasteiger partial charge in [-0.2, -0.15) is 4.31 Å². The molecule has 1 heterocycles. The van der Waals surface area contributed by atoms with Crippen molar-refractivity contribution in [1.29, 1.82) is 0 Å². The number of carbonyl (C=O) groups is 2. The largest absolute Gasteiger partial charge is 0.495 e. The molecule has 0 saturated carbocycles. The second kappa shape index (κ2) is 9.18. The van der Waals surface area contributed by atoms with E-state index in [1.165, 1.54) is 29.6 Å². The average Bonchev–Trinajstić information content (AvgIpc) is 3.21. The van der Waals surface area contributed by atoms with E-state index in [0.717, 1.165) is 19.3 Å². The number of amides is 1. The summed E-state index contributed by atoms with van der Waals surface area (Å²) >= 11 is 0. The first kappa shape index (κ1) is 21.2. The lowest BCUT2D eigenvalue weighted by atomic mass is 10.2. The predicted octanol–water partition coefficient (Wildman–Crippen LogP) is 1.55. The quantitative estimate of drug-likeness (QED) is 0.667. The van der Waals surface area contributed by atoms with E-state index in [1.54, 1.807) is 0 Å². The van der Waals surface area contributed by atoms with E-state index >= 15 is 0 Å². The molecule has 0 bridgehead atoms. The number of sulfonamides is 1. The van der Waals surface area contributed by atoms with Crippen LogP contribution in [0.4, 0.5) is 0 Å². The van der Waals surface area contributed by atoms with E-state index in [1.807, 2.05) is 13.8 Å². The first-order chi connectivity index (χ1) is 12.8. The summed E-state index contributed by atoms with van der Waals surface area (Å²) in [5.74, 6) is -1.01. The third-order valence-corrected chi connectivity index (χ3v) is 6.36. The van der Waals surface area contributed by atoms with E-state index in [4.69, 9.17) is 9.47 Å². The van der Waals surface area contributed by atoms with Crippen LogP contribution in [0, 0.1) is 0 Å². The van der Waals surface area contributed by atoms with E-state index in [2.05, 4.69) is 5.32 Å². The molecule has 1 aromatic rings. The van der Waals surface area contributed by atoms with Crippen molar-refractivity contribution in [3.05, 3.63) is 23.8 Å². The zero-order valence-corrected chi connectivity index (χ0v) is 16.7. The zero-order chi connectivity index (χ0) is 20.0. The molecule has 1 aliphatic rings. The van der Waals surface area contributed by atoms with Crippen LogP contribution in [-0.2, 0) is 19.6 Å². The maximum atomic E-state index is 12.8. The minimum Gasteiger partial charge on any atom is -0.495 e. The number of carbonyl (C=O) groups excluding carboxylic acids is 2. The Bertz CT molecular complexity index is 787. The Kier molecular flexibility index (Phi) is 7.20. The number of hydrogen-bond donors (Lipinski definition) is 1. The van der Waals surface area contributed by atoms with Crippen molar-refractivity contribution in [2.24, 2.45) is 0 Å².